The average Bonchev–Trinajstić information content (AvgIpc) is 3.09. The highest BCUT2D eigenvalue weighted by Crippen LogP contribution is 2.43. The summed E-state index contributed by atoms with van der Waals surface area (Å²) in [4.78, 5) is 17.6. The molecule has 5 nitrogen and oxygen atoms in total. The van der Waals surface area contributed by atoms with Crippen LogP contribution in [0.3, 0.4) is 0 Å². The van der Waals surface area contributed by atoms with Gasteiger partial charge < -0.3 is 21.7 Å². The van der Waals surface area contributed by atoms with Crippen LogP contribution in [-0.4, -0.2) is 52.5 Å². The highest BCUT2D eigenvalue weighted by Gasteiger charge is 2.50. The molecule has 6 heteroatoms. The van der Waals surface area contributed by atoms with Crippen LogP contribution in [-0.2, 0) is 16.1 Å². The van der Waals surface area contributed by atoms with Crippen LogP contribution in [0.5, 0.6) is 0 Å². The summed E-state index contributed by atoms with van der Waals surface area (Å²) >= 11 is 0. The van der Waals surface area contributed by atoms with Gasteiger partial charge >= 0.3 is 11.9 Å². The van der Waals surface area contributed by atoms with Gasteiger partial charge in [-0.1, -0.05) is 91.0 Å². The minimum absolute atomic E-state index is 0. The zero-order valence-electron chi connectivity index (χ0n) is 21.8. The number of likely N-dealkylation sites (N-methyl/N-ethyl adjacent to an activating group) is 2. The van der Waals surface area contributed by atoms with Crippen molar-refractivity contribution in [3.63, 3.8) is 0 Å². The number of hydrogen-bond acceptors (Lipinski definition) is 2. The second-order valence-electron chi connectivity index (χ2n) is 10.2. The largest absolute Gasteiger partial charge is 1.00 e. The highest BCUT2D eigenvalue weighted by molar-refractivity contribution is 5.80. The van der Waals surface area contributed by atoms with E-state index in [4.69, 9.17) is 4.74 Å². The highest BCUT2D eigenvalue weighted by atomic mass is 79.9. The van der Waals surface area contributed by atoms with Crippen LogP contribution in [0.2, 0.25) is 0 Å². The van der Waals surface area contributed by atoms with Gasteiger partial charge in [-0.05, 0) is 37.5 Å². The smallest absolute Gasteiger partial charge is 0.352 e. The molecule has 1 saturated heterocycles. The molecule has 0 saturated carbocycles. The van der Waals surface area contributed by atoms with E-state index in [0.717, 1.165) is 11.5 Å². The van der Waals surface area contributed by atoms with Crippen LogP contribution in [0, 0.1) is 0 Å². The van der Waals surface area contributed by atoms with E-state index in [9.17, 15) is 4.79 Å². The van der Waals surface area contributed by atoms with Crippen molar-refractivity contribution in [1.82, 2.24) is 9.80 Å². The third-order valence-electron chi connectivity index (χ3n) is 6.29. The summed E-state index contributed by atoms with van der Waals surface area (Å²) in [5.41, 5.74) is 3.09. The summed E-state index contributed by atoms with van der Waals surface area (Å²) in [6.07, 6.45) is 0. The van der Waals surface area contributed by atoms with Crippen molar-refractivity contribution in [3.05, 3.63) is 108 Å². The van der Waals surface area contributed by atoms with Crippen molar-refractivity contribution < 1.29 is 31.1 Å². The van der Waals surface area contributed by atoms with Gasteiger partial charge in [-0.3, -0.25) is 9.80 Å². The Morgan fingerprint density at radius 1 is 0.778 bits per heavy atom. The number of carbonyl (C=O) groups excluding carboxylic acids is 1. The topological polar surface area (TPSA) is 35.8 Å². The zero-order valence-corrected chi connectivity index (χ0v) is 23.4. The second kappa shape index (κ2) is 11.7. The summed E-state index contributed by atoms with van der Waals surface area (Å²) in [5.74, 6) is 0.768. The number of nitrogens with zero attached hydrogens (tertiary/aromatic N) is 3. The van der Waals surface area contributed by atoms with E-state index in [0.29, 0.717) is 6.54 Å². The van der Waals surface area contributed by atoms with Crippen molar-refractivity contribution >= 4 is 11.9 Å². The van der Waals surface area contributed by atoms with Gasteiger partial charge in [0.2, 0.25) is 0 Å². The number of guanidine groups is 1. The minimum atomic E-state index is -0.535. The molecular weight excluding hydrogens is 514 g/mol. The number of benzene rings is 3. The monoisotopic (exact) mass is 549 g/mol. The van der Waals surface area contributed by atoms with Gasteiger partial charge in [-0.25, -0.2) is 9.37 Å². The van der Waals surface area contributed by atoms with Gasteiger partial charge in [-0.15, -0.1) is 0 Å². The maximum Gasteiger partial charge on any atom is 0.352 e. The molecule has 0 bridgehead atoms. The molecule has 1 fully saturated rings. The van der Waals surface area contributed by atoms with Crippen LogP contribution in [0.15, 0.2) is 91.0 Å². The number of ether oxygens (including phenoxy) is 1. The third-order valence-corrected chi connectivity index (χ3v) is 6.29. The molecule has 1 aliphatic heterocycles. The molecule has 0 N–H and O–H groups in total. The lowest BCUT2D eigenvalue weighted by Gasteiger charge is -2.22. The lowest BCUT2D eigenvalue weighted by atomic mass is 9.93. The molecule has 4 rings (SSSR count). The third kappa shape index (κ3) is 6.35. The molecule has 2 atom stereocenters. The van der Waals surface area contributed by atoms with Gasteiger partial charge in [-0.2, -0.15) is 0 Å². The van der Waals surface area contributed by atoms with E-state index in [1.807, 2.05) is 39.0 Å². The Morgan fingerprint density at radius 3 is 1.61 bits per heavy atom. The van der Waals surface area contributed by atoms with Crippen LogP contribution in [0.1, 0.15) is 49.5 Å². The van der Waals surface area contributed by atoms with Crippen molar-refractivity contribution in [2.75, 3.05) is 20.6 Å². The predicted octanol–water partition coefficient (Wildman–Crippen LogP) is 2.26. The van der Waals surface area contributed by atoms with Gasteiger partial charge in [0.15, 0.2) is 6.54 Å². The first-order chi connectivity index (χ1) is 16.7. The maximum absolute atomic E-state index is 13.0. The molecule has 0 amide bonds. The average molecular weight is 551 g/mol. The molecule has 3 aromatic rings. The Labute approximate surface area is 225 Å². The summed E-state index contributed by atoms with van der Waals surface area (Å²) in [6, 6.07) is 31.7. The molecule has 3 aromatic carbocycles. The summed E-state index contributed by atoms with van der Waals surface area (Å²) in [5, 5.41) is 0. The first kappa shape index (κ1) is 27.5. The Balaban J connectivity index is 0.00000361. The second-order valence-corrected chi connectivity index (χ2v) is 10.2. The predicted molar refractivity (Wildman–Crippen MR) is 140 cm³/mol. The summed E-state index contributed by atoms with van der Waals surface area (Å²) in [7, 11) is 4.25. The van der Waals surface area contributed by atoms with Crippen molar-refractivity contribution in [3.8, 4) is 0 Å². The Morgan fingerprint density at radius 2 is 1.19 bits per heavy atom. The Hall–Kier alpha value is -3.12. The van der Waals surface area contributed by atoms with Crippen LogP contribution < -0.4 is 17.0 Å². The quantitative estimate of drug-likeness (QED) is 0.349. The molecule has 36 heavy (non-hydrogen) atoms. The fourth-order valence-corrected chi connectivity index (χ4v) is 5.01. The zero-order chi connectivity index (χ0) is 25.0. The standard InChI is InChI=1S/C30H36N3O2.BrH/c1-30(2,3)35-26(34)22-33(21-23-15-9-6-10-16-23)29-31(4)27(24-17-11-7-12-18-24)28(32(29)5)25-19-13-8-14-20-25;/h6-20,27-28H,21-22H2,1-5H3;1H/q+1;/p-1/t27-,28-;/m0./s1. The molecule has 190 valence electrons. The first-order valence-electron chi connectivity index (χ1n) is 12.2. The number of carbonyl (C=O) groups is 1. The van der Waals surface area contributed by atoms with Crippen molar-refractivity contribution in [2.45, 2.75) is 45.0 Å². The molecule has 0 aromatic heterocycles. The van der Waals surface area contributed by atoms with E-state index >= 15 is 0 Å². The van der Waals surface area contributed by atoms with Crippen molar-refractivity contribution in [2.24, 2.45) is 0 Å². The van der Waals surface area contributed by atoms with Gasteiger partial charge in [0.25, 0.3) is 0 Å². The Kier molecular flexibility index (Phi) is 8.96. The lowest BCUT2D eigenvalue weighted by Crippen LogP contribution is -3.00. The molecule has 0 spiro atoms. The van der Waals surface area contributed by atoms with Crippen LogP contribution in [0.25, 0.3) is 0 Å². The fourth-order valence-electron chi connectivity index (χ4n) is 5.01. The summed E-state index contributed by atoms with van der Waals surface area (Å²) in [6.45, 7) is 6.49. The SMILES string of the molecule is CN1C(=[N+](CC(=O)OC(C)(C)C)Cc2ccccc2)N(C)[C@@H](c2ccccc2)[C@@H]1c1ccccc1.[Br-]. The maximum atomic E-state index is 13.0. The van der Waals surface area contributed by atoms with Crippen molar-refractivity contribution in [1.29, 1.82) is 0 Å². The molecule has 0 unspecified atom stereocenters. The van der Waals surface area contributed by atoms with E-state index in [1.165, 1.54) is 11.1 Å². The van der Waals surface area contributed by atoms with E-state index in [-0.39, 0.29) is 41.6 Å². The van der Waals surface area contributed by atoms with Gasteiger partial charge in [0.1, 0.15) is 17.7 Å². The fraction of sp³-hybridized carbons (Fsp3) is 0.333. The normalized spacial score (nSPS) is 17.5. The van der Waals surface area contributed by atoms with E-state index < -0.39 is 5.60 Å². The lowest BCUT2D eigenvalue weighted by molar-refractivity contribution is -0.543. The molecular formula is C30H36BrN3O2. The van der Waals surface area contributed by atoms with Crippen LogP contribution in [0.4, 0.5) is 0 Å². The number of hydrogen-bond donors (Lipinski definition) is 0. The number of rotatable bonds is 6. The molecule has 1 heterocycles. The van der Waals surface area contributed by atoms with Gasteiger partial charge in [0.05, 0.1) is 20.6 Å². The number of esters is 1. The first-order valence-corrected chi connectivity index (χ1v) is 12.2. The summed E-state index contributed by atoms with van der Waals surface area (Å²) < 4.78 is 7.87. The van der Waals surface area contributed by atoms with E-state index in [2.05, 4.69) is 101 Å². The molecule has 0 aliphatic carbocycles. The number of halogens is 1. The molecule has 0 radical (unpaired) electrons. The van der Waals surface area contributed by atoms with E-state index in [1.54, 1.807) is 0 Å². The van der Waals surface area contributed by atoms with Crippen LogP contribution >= 0.6 is 0 Å². The Bertz CT molecular complexity index is 1110. The van der Waals surface area contributed by atoms with Gasteiger partial charge in [0, 0.05) is 0 Å². The minimum Gasteiger partial charge on any atom is -1.00 e. The molecule has 1 aliphatic rings.